The average Bonchev–Trinajstić information content (AvgIpc) is 2.46. The van der Waals surface area contributed by atoms with Crippen LogP contribution >= 0.6 is 24.8 Å². The van der Waals surface area contributed by atoms with Crippen molar-refractivity contribution in [1.82, 2.24) is 10.2 Å². The molecule has 1 aliphatic rings. The Morgan fingerprint density at radius 3 is 2.59 bits per heavy atom. The van der Waals surface area contributed by atoms with Crippen molar-refractivity contribution in [2.75, 3.05) is 19.6 Å². The number of hydrogen-bond acceptors (Lipinski definition) is 2. The van der Waals surface area contributed by atoms with Gasteiger partial charge in [0.1, 0.15) is 0 Å². The van der Waals surface area contributed by atoms with Crippen molar-refractivity contribution in [3.05, 3.63) is 35.9 Å². The normalized spacial score (nSPS) is 20.9. The molecule has 98 valence electrons. The molecule has 0 amide bonds. The average molecular weight is 277 g/mol. The fraction of sp³-hybridized carbons (Fsp3) is 0.538. The fourth-order valence-corrected chi connectivity index (χ4v) is 2.06. The van der Waals surface area contributed by atoms with Gasteiger partial charge in [-0.15, -0.1) is 24.8 Å². The predicted molar refractivity (Wildman–Crippen MR) is 78.3 cm³/mol. The highest BCUT2D eigenvalue weighted by molar-refractivity contribution is 5.85. The van der Waals surface area contributed by atoms with Crippen molar-refractivity contribution < 1.29 is 0 Å². The van der Waals surface area contributed by atoms with Gasteiger partial charge in [0.05, 0.1) is 0 Å². The van der Waals surface area contributed by atoms with E-state index < -0.39 is 0 Å². The molecular weight excluding hydrogens is 255 g/mol. The minimum absolute atomic E-state index is 0. The predicted octanol–water partition coefficient (Wildman–Crippen LogP) is 2.71. The third-order valence-electron chi connectivity index (χ3n) is 3.05. The molecule has 0 saturated carbocycles. The number of benzene rings is 1. The molecule has 0 aromatic heterocycles. The first-order valence-electron chi connectivity index (χ1n) is 5.84. The Labute approximate surface area is 117 Å². The maximum atomic E-state index is 3.52. The summed E-state index contributed by atoms with van der Waals surface area (Å²) in [5.41, 5.74) is 1.42. The SMILES string of the molecule is C[C@@H]1CCN(Cc2ccccc2)CCN1.Cl.Cl. The summed E-state index contributed by atoms with van der Waals surface area (Å²) in [6.45, 7) is 6.86. The lowest BCUT2D eigenvalue weighted by Gasteiger charge is -2.19. The van der Waals surface area contributed by atoms with Gasteiger partial charge in [-0.05, 0) is 18.9 Å². The topological polar surface area (TPSA) is 15.3 Å². The number of nitrogens with one attached hydrogen (secondary N) is 1. The van der Waals surface area contributed by atoms with E-state index in [4.69, 9.17) is 0 Å². The Bertz CT molecular complexity index is 293. The van der Waals surface area contributed by atoms with E-state index in [1.54, 1.807) is 0 Å². The van der Waals surface area contributed by atoms with E-state index in [1.807, 2.05) is 0 Å². The van der Waals surface area contributed by atoms with Crippen LogP contribution < -0.4 is 5.32 Å². The number of hydrogen-bond donors (Lipinski definition) is 1. The van der Waals surface area contributed by atoms with Gasteiger partial charge in [-0.1, -0.05) is 30.3 Å². The largest absolute Gasteiger partial charge is 0.313 e. The number of rotatable bonds is 2. The molecular formula is C13H22Cl2N2. The molecule has 1 aliphatic heterocycles. The van der Waals surface area contributed by atoms with Gasteiger partial charge in [-0.2, -0.15) is 0 Å². The first-order chi connectivity index (χ1) is 7.34. The molecule has 0 bridgehead atoms. The Kier molecular flexibility index (Phi) is 8.61. The van der Waals surface area contributed by atoms with Gasteiger partial charge >= 0.3 is 0 Å². The summed E-state index contributed by atoms with van der Waals surface area (Å²) in [6, 6.07) is 11.4. The van der Waals surface area contributed by atoms with Crippen LogP contribution in [0.5, 0.6) is 0 Å². The van der Waals surface area contributed by atoms with E-state index in [2.05, 4.69) is 47.5 Å². The highest BCUT2D eigenvalue weighted by Crippen LogP contribution is 2.07. The van der Waals surface area contributed by atoms with Crippen LogP contribution in [0.2, 0.25) is 0 Å². The van der Waals surface area contributed by atoms with Crippen LogP contribution in [-0.4, -0.2) is 30.6 Å². The molecule has 4 heteroatoms. The first kappa shape index (κ1) is 16.7. The molecule has 17 heavy (non-hydrogen) atoms. The molecule has 0 radical (unpaired) electrons. The maximum Gasteiger partial charge on any atom is 0.0234 e. The molecule has 1 saturated heterocycles. The minimum Gasteiger partial charge on any atom is -0.313 e. The standard InChI is InChI=1S/C13H20N2.2ClH/c1-12-7-9-15(10-8-14-12)11-13-5-3-2-4-6-13;;/h2-6,12,14H,7-11H2,1H3;2*1H/t12-;;/m1../s1. The molecule has 1 atom stereocenters. The lowest BCUT2D eigenvalue weighted by atomic mass is 10.2. The second kappa shape index (κ2) is 8.76. The molecule has 2 rings (SSSR count). The lowest BCUT2D eigenvalue weighted by molar-refractivity contribution is 0.282. The highest BCUT2D eigenvalue weighted by Gasteiger charge is 2.12. The van der Waals surface area contributed by atoms with E-state index in [0.717, 1.165) is 13.1 Å². The van der Waals surface area contributed by atoms with E-state index in [-0.39, 0.29) is 24.8 Å². The van der Waals surface area contributed by atoms with Crippen LogP contribution in [0, 0.1) is 0 Å². The van der Waals surface area contributed by atoms with Gasteiger partial charge in [0, 0.05) is 32.2 Å². The molecule has 1 fully saturated rings. The maximum absolute atomic E-state index is 3.52. The Morgan fingerprint density at radius 1 is 1.18 bits per heavy atom. The van der Waals surface area contributed by atoms with Crippen molar-refractivity contribution in [2.24, 2.45) is 0 Å². The Morgan fingerprint density at radius 2 is 1.88 bits per heavy atom. The molecule has 1 N–H and O–H groups in total. The van der Waals surface area contributed by atoms with E-state index in [1.165, 1.54) is 25.1 Å². The second-order valence-corrected chi connectivity index (χ2v) is 4.41. The molecule has 1 aromatic rings. The van der Waals surface area contributed by atoms with Gasteiger partial charge in [-0.25, -0.2) is 0 Å². The van der Waals surface area contributed by atoms with E-state index in [0.29, 0.717) is 6.04 Å². The number of nitrogens with zero attached hydrogens (tertiary/aromatic N) is 1. The van der Waals surface area contributed by atoms with Crippen LogP contribution in [0.3, 0.4) is 0 Å². The second-order valence-electron chi connectivity index (χ2n) is 4.41. The lowest BCUT2D eigenvalue weighted by Crippen LogP contribution is -2.28. The monoisotopic (exact) mass is 276 g/mol. The van der Waals surface area contributed by atoms with Crippen molar-refractivity contribution in [1.29, 1.82) is 0 Å². The van der Waals surface area contributed by atoms with E-state index in [9.17, 15) is 0 Å². The molecule has 0 unspecified atom stereocenters. The summed E-state index contributed by atoms with van der Waals surface area (Å²) >= 11 is 0. The molecule has 1 aromatic carbocycles. The van der Waals surface area contributed by atoms with Crippen molar-refractivity contribution >= 4 is 24.8 Å². The summed E-state index contributed by atoms with van der Waals surface area (Å²) in [4.78, 5) is 2.53. The first-order valence-corrected chi connectivity index (χ1v) is 5.84. The van der Waals surface area contributed by atoms with Crippen molar-refractivity contribution in [3.8, 4) is 0 Å². The fourth-order valence-electron chi connectivity index (χ4n) is 2.06. The summed E-state index contributed by atoms with van der Waals surface area (Å²) in [5.74, 6) is 0. The summed E-state index contributed by atoms with van der Waals surface area (Å²) in [7, 11) is 0. The van der Waals surface area contributed by atoms with Gasteiger partial charge in [0.25, 0.3) is 0 Å². The summed E-state index contributed by atoms with van der Waals surface area (Å²) in [5, 5.41) is 3.52. The third-order valence-corrected chi connectivity index (χ3v) is 3.05. The van der Waals surface area contributed by atoms with Crippen LogP contribution in [0.1, 0.15) is 18.9 Å². The summed E-state index contributed by atoms with van der Waals surface area (Å²) in [6.07, 6.45) is 1.26. The van der Waals surface area contributed by atoms with Crippen LogP contribution in [0.15, 0.2) is 30.3 Å². The van der Waals surface area contributed by atoms with Gasteiger partial charge in [0.2, 0.25) is 0 Å². The van der Waals surface area contributed by atoms with E-state index >= 15 is 0 Å². The smallest absolute Gasteiger partial charge is 0.0234 e. The Balaban J connectivity index is 0.00000128. The van der Waals surface area contributed by atoms with Crippen LogP contribution in [0.4, 0.5) is 0 Å². The van der Waals surface area contributed by atoms with Crippen molar-refractivity contribution in [3.63, 3.8) is 0 Å². The third kappa shape index (κ3) is 5.73. The van der Waals surface area contributed by atoms with Crippen LogP contribution in [0.25, 0.3) is 0 Å². The highest BCUT2D eigenvalue weighted by atomic mass is 35.5. The zero-order chi connectivity index (χ0) is 10.5. The zero-order valence-electron chi connectivity index (χ0n) is 10.3. The van der Waals surface area contributed by atoms with Gasteiger partial charge < -0.3 is 5.32 Å². The van der Waals surface area contributed by atoms with Gasteiger partial charge in [0.15, 0.2) is 0 Å². The minimum atomic E-state index is 0. The molecule has 0 aliphatic carbocycles. The molecule has 2 nitrogen and oxygen atoms in total. The van der Waals surface area contributed by atoms with Crippen LogP contribution in [-0.2, 0) is 6.54 Å². The number of halogens is 2. The Hall–Kier alpha value is -0.280. The zero-order valence-corrected chi connectivity index (χ0v) is 11.9. The van der Waals surface area contributed by atoms with Crippen molar-refractivity contribution in [2.45, 2.75) is 25.9 Å². The summed E-state index contributed by atoms with van der Waals surface area (Å²) < 4.78 is 0. The van der Waals surface area contributed by atoms with Gasteiger partial charge in [-0.3, -0.25) is 4.90 Å². The molecule has 1 heterocycles. The quantitative estimate of drug-likeness (QED) is 0.894. The molecule has 0 spiro atoms.